The van der Waals surface area contributed by atoms with Crippen LogP contribution in [0, 0.1) is 0 Å². The fourth-order valence-corrected chi connectivity index (χ4v) is 2.53. The van der Waals surface area contributed by atoms with Gasteiger partial charge in [0.15, 0.2) is 16.6 Å². The third kappa shape index (κ3) is 2.56. The molecule has 0 amide bonds. The Kier molecular flexibility index (Phi) is 4.10. The molecule has 0 saturated heterocycles. The predicted octanol–water partition coefficient (Wildman–Crippen LogP) is 3.35. The molecule has 4 heterocycles. The van der Waals surface area contributed by atoms with E-state index in [-0.39, 0.29) is 0 Å². The smallest absolute Gasteiger partial charge is 0.188 e. The average molecular weight is 313 g/mol. The fourth-order valence-electron chi connectivity index (χ4n) is 2.00. The van der Waals surface area contributed by atoms with Crippen molar-refractivity contribution in [2.24, 2.45) is 0 Å². The highest BCUT2D eigenvalue weighted by molar-refractivity contribution is 7.13. The minimum Gasteiger partial charge on any atom is -0.313 e. The molecule has 8 heteroatoms. The Balaban J connectivity index is 0.000000693. The van der Waals surface area contributed by atoms with Gasteiger partial charge in [0, 0.05) is 35.7 Å². The van der Waals surface area contributed by atoms with Crippen LogP contribution in [0.1, 0.15) is 13.8 Å². The van der Waals surface area contributed by atoms with Crippen LogP contribution >= 0.6 is 11.3 Å². The molecule has 0 aliphatic carbocycles. The van der Waals surface area contributed by atoms with E-state index < -0.39 is 0 Å². The first kappa shape index (κ1) is 14.2. The van der Waals surface area contributed by atoms with E-state index in [1.165, 1.54) is 11.3 Å². The first-order valence-corrected chi connectivity index (χ1v) is 7.77. The number of anilines is 2. The predicted molar refractivity (Wildman–Crippen MR) is 87.3 cm³/mol. The number of rotatable bonds is 3. The lowest BCUT2D eigenvalue weighted by Crippen LogP contribution is -1.97. The molecule has 2 N–H and O–H groups in total. The molecule has 0 bridgehead atoms. The lowest BCUT2D eigenvalue weighted by molar-refractivity contribution is 1.09. The van der Waals surface area contributed by atoms with Crippen LogP contribution in [0.4, 0.5) is 10.9 Å². The lowest BCUT2D eigenvalue weighted by Gasteiger charge is -2.04. The topological polar surface area (TPSA) is 83.8 Å². The Labute approximate surface area is 131 Å². The zero-order chi connectivity index (χ0) is 15.4. The number of fused-ring (bicyclic) bond motifs is 1. The second-order valence-electron chi connectivity index (χ2n) is 4.06. The molecule has 0 spiro atoms. The van der Waals surface area contributed by atoms with Crippen LogP contribution < -0.4 is 5.32 Å². The second kappa shape index (κ2) is 6.35. The number of nitrogens with one attached hydrogen (secondary N) is 2. The van der Waals surface area contributed by atoms with Crippen LogP contribution in [0.5, 0.6) is 0 Å². The van der Waals surface area contributed by atoms with Gasteiger partial charge in [0.2, 0.25) is 0 Å². The molecule has 4 rings (SSSR count). The number of H-pyrrole nitrogens is 1. The largest absolute Gasteiger partial charge is 0.313 e. The van der Waals surface area contributed by atoms with Crippen LogP contribution in [-0.2, 0) is 0 Å². The van der Waals surface area contributed by atoms with Gasteiger partial charge in [0.05, 0.1) is 18.1 Å². The number of aromatic nitrogens is 6. The Morgan fingerprint density at radius 2 is 2.05 bits per heavy atom. The Morgan fingerprint density at radius 3 is 2.77 bits per heavy atom. The molecule has 0 aliphatic rings. The minimum absolute atomic E-state index is 0.678. The Bertz CT molecular complexity index is 833. The van der Waals surface area contributed by atoms with Gasteiger partial charge in [0.25, 0.3) is 0 Å². The summed E-state index contributed by atoms with van der Waals surface area (Å²) in [6.45, 7) is 4.00. The van der Waals surface area contributed by atoms with Crippen molar-refractivity contribution < 1.29 is 0 Å². The molecule has 0 radical (unpaired) electrons. The Morgan fingerprint density at radius 1 is 1.14 bits per heavy atom. The summed E-state index contributed by atoms with van der Waals surface area (Å²) in [6.07, 6.45) is 10.7. The number of nitrogens with zero attached hydrogens (tertiary/aromatic N) is 5. The fraction of sp³-hybridized carbons (Fsp3) is 0.143. The van der Waals surface area contributed by atoms with Crippen molar-refractivity contribution in [1.82, 2.24) is 29.5 Å². The Hall–Kier alpha value is -2.74. The molecule has 0 fully saturated rings. The highest BCUT2D eigenvalue weighted by Gasteiger charge is 2.11. The van der Waals surface area contributed by atoms with Crippen LogP contribution in [-0.4, -0.2) is 29.5 Å². The normalized spacial score (nSPS) is 10.3. The van der Waals surface area contributed by atoms with Gasteiger partial charge >= 0.3 is 0 Å². The van der Waals surface area contributed by atoms with Crippen molar-refractivity contribution in [3.05, 3.63) is 42.6 Å². The maximum Gasteiger partial charge on any atom is 0.188 e. The maximum absolute atomic E-state index is 4.43. The van der Waals surface area contributed by atoms with Gasteiger partial charge in [-0.2, -0.15) is 5.10 Å². The van der Waals surface area contributed by atoms with Crippen LogP contribution in [0.3, 0.4) is 0 Å². The van der Waals surface area contributed by atoms with Crippen molar-refractivity contribution in [2.75, 3.05) is 5.32 Å². The minimum atomic E-state index is 0.678. The quantitative estimate of drug-likeness (QED) is 0.606. The van der Waals surface area contributed by atoms with Gasteiger partial charge in [-0.05, 0) is 0 Å². The van der Waals surface area contributed by atoms with Crippen LogP contribution in [0.25, 0.3) is 16.9 Å². The summed E-state index contributed by atoms with van der Waals surface area (Å²) < 4.78 is 1.97. The summed E-state index contributed by atoms with van der Waals surface area (Å²) >= 11 is 1.52. The van der Waals surface area contributed by atoms with E-state index in [1.54, 1.807) is 24.8 Å². The van der Waals surface area contributed by atoms with Gasteiger partial charge in [-0.3, -0.25) is 9.50 Å². The molecule has 7 nitrogen and oxygen atoms in total. The van der Waals surface area contributed by atoms with E-state index in [2.05, 4.69) is 30.5 Å². The molecule has 4 aromatic rings. The van der Waals surface area contributed by atoms with E-state index in [4.69, 9.17) is 0 Å². The molecule has 0 atom stereocenters. The lowest BCUT2D eigenvalue weighted by atomic mass is 10.3. The number of hydrogen-bond donors (Lipinski definition) is 2. The van der Waals surface area contributed by atoms with Crippen LogP contribution in [0.15, 0.2) is 42.6 Å². The van der Waals surface area contributed by atoms with Crippen molar-refractivity contribution in [1.29, 1.82) is 0 Å². The van der Waals surface area contributed by atoms with Gasteiger partial charge in [-0.1, -0.05) is 13.8 Å². The summed E-state index contributed by atoms with van der Waals surface area (Å²) in [5.74, 6) is 0.678. The number of imidazole rings is 1. The summed E-state index contributed by atoms with van der Waals surface area (Å²) in [5.41, 5.74) is 2.68. The van der Waals surface area contributed by atoms with E-state index in [0.29, 0.717) is 5.82 Å². The highest BCUT2D eigenvalue weighted by atomic mass is 32.1. The maximum atomic E-state index is 4.43. The summed E-state index contributed by atoms with van der Waals surface area (Å²) in [7, 11) is 0. The van der Waals surface area contributed by atoms with Crippen molar-refractivity contribution in [2.45, 2.75) is 13.8 Å². The van der Waals surface area contributed by atoms with Crippen LogP contribution in [0.2, 0.25) is 0 Å². The van der Waals surface area contributed by atoms with E-state index >= 15 is 0 Å². The highest BCUT2D eigenvalue weighted by Crippen LogP contribution is 2.24. The number of hydrogen-bond acceptors (Lipinski definition) is 6. The molecule has 0 aromatic carbocycles. The van der Waals surface area contributed by atoms with Gasteiger partial charge in [-0.25, -0.2) is 15.0 Å². The van der Waals surface area contributed by atoms with Crippen molar-refractivity contribution in [3.63, 3.8) is 0 Å². The molecule has 0 saturated carbocycles. The molecule has 4 aromatic heterocycles. The molecule has 0 unspecified atom stereocenters. The van der Waals surface area contributed by atoms with Gasteiger partial charge in [0.1, 0.15) is 0 Å². The van der Waals surface area contributed by atoms with E-state index in [9.17, 15) is 0 Å². The zero-order valence-electron chi connectivity index (χ0n) is 12.2. The van der Waals surface area contributed by atoms with E-state index in [0.717, 1.165) is 22.0 Å². The van der Waals surface area contributed by atoms with Gasteiger partial charge < -0.3 is 5.32 Å². The zero-order valence-corrected chi connectivity index (χ0v) is 13.0. The standard InChI is InChI=1S/C12H9N7S.C2H6/c1-3-19-9(8-5-16-17-6-8)7-15-11(19)10(13-1)18-12-14-2-4-20-12;1-2/h1-7H,(H,16,17)(H,13,14,18);1-2H3. The summed E-state index contributed by atoms with van der Waals surface area (Å²) in [4.78, 5) is 12.9. The molecular weight excluding hydrogens is 298 g/mol. The molecule has 112 valence electrons. The van der Waals surface area contributed by atoms with E-state index in [1.807, 2.05) is 36.0 Å². The molecule has 22 heavy (non-hydrogen) atoms. The first-order chi connectivity index (χ1) is 10.9. The van der Waals surface area contributed by atoms with Crippen molar-refractivity contribution in [3.8, 4) is 11.3 Å². The average Bonchev–Trinajstić information content (AvgIpc) is 3.30. The van der Waals surface area contributed by atoms with Gasteiger partial charge in [-0.15, -0.1) is 11.3 Å². The molecule has 0 aliphatic heterocycles. The third-order valence-electron chi connectivity index (χ3n) is 2.88. The second-order valence-corrected chi connectivity index (χ2v) is 4.96. The monoisotopic (exact) mass is 313 g/mol. The van der Waals surface area contributed by atoms with Crippen molar-refractivity contribution >= 4 is 27.9 Å². The molecular formula is C14H15N7S. The number of aromatic amines is 1. The summed E-state index contributed by atoms with van der Waals surface area (Å²) in [6, 6.07) is 0. The SMILES string of the molecule is CC.c1csc(Nc2nccn3c(-c4cn[nH]c4)cnc23)n1. The summed E-state index contributed by atoms with van der Waals surface area (Å²) in [5, 5.41) is 12.6. The first-order valence-electron chi connectivity index (χ1n) is 6.89. The third-order valence-corrected chi connectivity index (χ3v) is 3.57. The number of thiazole rings is 1.